The Morgan fingerprint density at radius 2 is 1.65 bits per heavy atom. The fraction of sp³-hybridized carbons (Fsp3) is 0.692. The number of hydrogen-bond acceptors (Lipinski definition) is 4. The third kappa shape index (κ3) is 11.9. The highest BCUT2D eigenvalue weighted by Gasteiger charge is 2.20. The first-order chi connectivity index (χ1) is 14.7. The number of nitrogens with one attached hydrogen (secondary N) is 1. The normalized spacial score (nSPS) is 11.5. The summed E-state index contributed by atoms with van der Waals surface area (Å²) in [4.78, 5) is 2.39. The fourth-order valence-corrected chi connectivity index (χ4v) is 2.85. The number of aryl methyl sites for hydroxylation is 2. The van der Waals surface area contributed by atoms with Crippen LogP contribution in [0.3, 0.4) is 0 Å². The maximum atomic E-state index is 8.09. The van der Waals surface area contributed by atoms with Gasteiger partial charge in [-0.25, -0.2) is 4.68 Å². The second-order valence-electron chi connectivity index (χ2n) is 6.68. The Morgan fingerprint density at radius 3 is 2.06 bits per heavy atom. The number of nitrogens with zero attached hydrogens (tertiary/aromatic N) is 3. The van der Waals surface area contributed by atoms with Crippen molar-refractivity contribution in [1.29, 1.82) is 5.41 Å². The van der Waals surface area contributed by atoms with Crippen molar-refractivity contribution in [3.05, 3.63) is 35.1 Å². The third-order valence-corrected chi connectivity index (χ3v) is 4.64. The van der Waals surface area contributed by atoms with Gasteiger partial charge in [0, 0.05) is 20.1 Å². The molecule has 0 spiro atoms. The quantitative estimate of drug-likeness (QED) is 0.312. The molecule has 0 aliphatic heterocycles. The van der Waals surface area contributed by atoms with Gasteiger partial charge in [0.2, 0.25) is 5.88 Å². The van der Waals surface area contributed by atoms with Crippen molar-refractivity contribution in [3.63, 3.8) is 0 Å². The molecule has 5 heteroatoms. The average molecular weight is 437 g/mol. The molecule has 5 nitrogen and oxygen atoms in total. The van der Waals surface area contributed by atoms with Crippen molar-refractivity contribution >= 4 is 5.71 Å². The lowest BCUT2D eigenvalue weighted by Crippen LogP contribution is -2.35. The Hall–Kier alpha value is -1.88. The molecule has 0 saturated heterocycles. The van der Waals surface area contributed by atoms with E-state index in [0.29, 0.717) is 11.6 Å². The van der Waals surface area contributed by atoms with E-state index in [9.17, 15) is 0 Å². The summed E-state index contributed by atoms with van der Waals surface area (Å²) in [7, 11) is 1.85. The highest BCUT2D eigenvalue weighted by molar-refractivity contribution is 6.08. The molecule has 1 N–H and O–H groups in total. The lowest BCUT2D eigenvalue weighted by Gasteiger charge is -2.26. The molecule has 1 aromatic rings. The van der Waals surface area contributed by atoms with Crippen molar-refractivity contribution in [2.45, 2.75) is 95.6 Å². The molecule has 0 aromatic carbocycles. The van der Waals surface area contributed by atoms with Gasteiger partial charge in [0.15, 0.2) is 0 Å². The summed E-state index contributed by atoms with van der Waals surface area (Å²) in [6, 6.07) is 0. The Balaban J connectivity index is -0.00000120. The van der Waals surface area contributed by atoms with Gasteiger partial charge >= 0.3 is 0 Å². The summed E-state index contributed by atoms with van der Waals surface area (Å²) in [6.07, 6.45) is 2.62. The zero-order valence-electron chi connectivity index (χ0n) is 22.9. The van der Waals surface area contributed by atoms with E-state index in [-0.39, 0.29) is 6.10 Å². The molecule has 1 unspecified atom stereocenters. The van der Waals surface area contributed by atoms with Crippen LogP contribution >= 0.6 is 0 Å². The van der Waals surface area contributed by atoms with Gasteiger partial charge in [0.25, 0.3) is 0 Å². The minimum absolute atomic E-state index is 0.000785. The van der Waals surface area contributed by atoms with Gasteiger partial charge < -0.3 is 10.1 Å². The molecule has 31 heavy (non-hydrogen) atoms. The first-order valence-corrected chi connectivity index (χ1v) is 12.0. The highest BCUT2D eigenvalue weighted by Crippen LogP contribution is 2.23. The SMILES string of the molecule is C=CC(=N)c1c(C)nn(C)c1OC(C)CN(CC)C/C(C)=C(\C)CC.CC.CC.CC. The summed E-state index contributed by atoms with van der Waals surface area (Å²) in [5, 5.41) is 12.5. The van der Waals surface area contributed by atoms with Crippen molar-refractivity contribution in [1.82, 2.24) is 14.7 Å². The summed E-state index contributed by atoms with van der Waals surface area (Å²) in [5.74, 6) is 0.642. The molecular weight excluding hydrogens is 384 g/mol. The van der Waals surface area contributed by atoms with Crippen LogP contribution in [0.15, 0.2) is 23.8 Å². The summed E-state index contributed by atoms with van der Waals surface area (Å²) in [6.45, 7) is 31.2. The summed E-state index contributed by atoms with van der Waals surface area (Å²) >= 11 is 0. The predicted octanol–water partition coefficient (Wildman–Crippen LogP) is 7.20. The number of hydrogen-bond donors (Lipinski definition) is 1. The Labute approximate surface area is 194 Å². The van der Waals surface area contributed by atoms with Gasteiger partial charge in [0.1, 0.15) is 6.10 Å². The van der Waals surface area contributed by atoms with Gasteiger partial charge in [-0.2, -0.15) is 5.10 Å². The van der Waals surface area contributed by atoms with Crippen molar-refractivity contribution in [3.8, 4) is 5.88 Å². The zero-order valence-corrected chi connectivity index (χ0v) is 22.9. The molecule has 0 aliphatic rings. The molecule has 0 bridgehead atoms. The first kappa shape index (κ1) is 33.8. The molecule has 0 amide bonds. The minimum atomic E-state index is 0.000785. The Morgan fingerprint density at radius 1 is 1.13 bits per heavy atom. The van der Waals surface area contributed by atoms with Crippen LogP contribution < -0.4 is 4.74 Å². The molecule has 1 rings (SSSR count). The van der Waals surface area contributed by atoms with Crippen molar-refractivity contribution in [2.24, 2.45) is 7.05 Å². The fourth-order valence-electron chi connectivity index (χ4n) is 2.85. The minimum Gasteiger partial charge on any atom is -0.473 e. The first-order valence-electron chi connectivity index (χ1n) is 12.0. The molecule has 1 aromatic heterocycles. The lowest BCUT2D eigenvalue weighted by atomic mass is 10.1. The van der Waals surface area contributed by atoms with Crippen LogP contribution in [0, 0.1) is 12.3 Å². The molecule has 1 atom stereocenters. The van der Waals surface area contributed by atoms with Crippen LogP contribution in [0.2, 0.25) is 0 Å². The van der Waals surface area contributed by atoms with Crippen LogP contribution in [0.4, 0.5) is 0 Å². The van der Waals surface area contributed by atoms with E-state index < -0.39 is 0 Å². The Kier molecular flexibility index (Phi) is 21.8. The predicted molar refractivity (Wildman–Crippen MR) is 140 cm³/mol. The van der Waals surface area contributed by atoms with Crippen LogP contribution in [0.25, 0.3) is 0 Å². The maximum absolute atomic E-state index is 8.09. The molecule has 0 aliphatic carbocycles. The summed E-state index contributed by atoms with van der Waals surface area (Å²) < 4.78 is 7.89. The second kappa shape index (κ2) is 20.0. The van der Waals surface area contributed by atoms with E-state index in [4.69, 9.17) is 10.1 Å². The molecular formula is C26H52N4O. The van der Waals surface area contributed by atoms with Gasteiger partial charge in [-0.15, -0.1) is 0 Å². The van der Waals surface area contributed by atoms with Crippen molar-refractivity contribution in [2.75, 3.05) is 19.6 Å². The van der Waals surface area contributed by atoms with E-state index in [1.807, 2.05) is 55.5 Å². The number of rotatable bonds is 10. The van der Waals surface area contributed by atoms with Crippen LogP contribution in [0.1, 0.15) is 93.8 Å². The molecule has 182 valence electrons. The van der Waals surface area contributed by atoms with E-state index in [1.54, 1.807) is 4.68 Å². The van der Waals surface area contributed by atoms with Crippen LogP contribution in [-0.2, 0) is 7.05 Å². The maximum Gasteiger partial charge on any atom is 0.221 e. The van der Waals surface area contributed by atoms with Crippen LogP contribution in [0.5, 0.6) is 5.88 Å². The molecule has 0 fully saturated rings. The van der Waals surface area contributed by atoms with Gasteiger partial charge in [-0.3, -0.25) is 4.90 Å². The van der Waals surface area contributed by atoms with Gasteiger partial charge in [0.05, 0.1) is 17.0 Å². The van der Waals surface area contributed by atoms with Crippen molar-refractivity contribution < 1.29 is 4.74 Å². The molecule has 1 heterocycles. The van der Waals surface area contributed by atoms with Crippen LogP contribution in [-0.4, -0.2) is 46.1 Å². The monoisotopic (exact) mass is 436 g/mol. The zero-order chi connectivity index (χ0) is 25.1. The van der Waals surface area contributed by atoms with Gasteiger partial charge in [-0.05, 0) is 46.7 Å². The largest absolute Gasteiger partial charge is 0.473 e. The van der Waals surface area contributed by atoms with E-state index >= 15 is 0 Å². The highest BCUT2D eigenvalue weighted by atomic mass is 16.5. The number of aromatic nitrogens is 2. The molecule has 0 radical (unpaired) electrons. The Bertz CT molecular complexity index is 644. The number of ether oxygens (including phenoxy) is 1. The third-order valence-electron chi connectivity index (χ3n) is 4.64. The lowest BCUT2D eigenvalue weighted by molar-refractivity contribution is 0.144. The number of likely N-dealkylation sites (N-methyl/N-ethyl adjacent to an activating group) is 1. The molecule has 0 saturated carbocycles. The van der Waals surface area contributed by atoms with Gasteiger partial charge in [-0.1, -0.05) is 73.1 Å². The van der Waals surface area contributed by atoms with E-state index in [1.165, 1.54) is 17.2 Å². The number of allylic oxidation sites excluding steroid dienone is 2. The second-order valence-corrected chi connectivity index (χ2v) is 6.68. The standard InChI is InChI=1S/C20H34N4O.3C2H6/c1-9-14(4)15(5)12-24(11-3)13-16(6)25-20-19(18(21)10-2)17(7)22-23(20)8;3*1-2/h10,16,21H,2,9,11-13H2,1,3-8H3;3*1-2H3/b15-14+,21-18?;;;. The topological polar surface area (TPSA) is 54.1 Å². The smallest absolute Gasteiger partial charge is 0.221 e. The van der Waals surface area contributed by atoms with E-state index in [2.05, 4.69) is 51.2 Å². The van der Waals surface area contributed by atoms with E-state index in [0.717, 1.165) is 37.3 Å². The summed E-state index contributed by atoms with van der Waals surface area (Å²) in [5.41, 5.74) is 4.75. The average Bonchev–Trinajstić information content (AvgIpc) is 3.08.